The quantitative estimate of drug-likeness (QED) is 0.618. The number of rotatable bonds is 4. The molecule has 1 saturated carbocycles. The third kappa shape index (κ3) is 2.58. The Balaban J connectivity index is 1.99. The van der Waals surface area contributed by atoms with Crippen molar-refractivity contribution >= 4 is 17.2 Å². The SMILES string of the molecule is COC1CC(Nc2ccc(C(C)=O)c(N)c2)C1. The van der Waals surface area contributed by atoms with Gasteiger partial charge in [-0.25, -0.2) is 0 Å². The summed E-state index contributed by atoms with van der Waals surface area (Å²) in [5.41, 5.74) is 7.91. The molecule has 0 spiro atoms. The minimum absolute atomic E-state index is 0.00265. The van der Waals surface area contributed by atoms with Gasteiger partial charge in [-0.2, -0.15) is 0 Å². The van der Waals surface area contributed by atoms with Gasteiger partial charge in [0.05, 0.1) is 6.10 Å². The highest BCUT2D eigenvalue weighted by molar-refractivity contribution is 5.99. The molecule has 2 rings (SSSR count). The Morgan fingerprint density at radius 2 is 2.18 bits per heavy atom. The number of hydrogen-bond donors (Lipinski definition) is 2. The number of nitrogen functional groups attached to an aromatic ring is 1. The summed E-state index contributed by atoms with van der Waals surface area (Å²) in [5, 5.41) is 3.38. The lowest BCUT2D eigenvalue weighted by molar-refractivity contribution is 0.0329. The van der Waals surface area contributed by atoms with Crippen LogP contribution in [0, 0.1) is 0 Å². The zero-order valence-electron chi connectivity index (χ0n) is 10.2. The van der Waals surface area contributed by atoms with Gasteiger partial charge in [0, 0.05) is 30.1 Å². The van der Waals surface area contributed by atoms with Crippen molar-refractivity contribution in [1.29, 1.82) is 0 Å². The van der Waals surface area contributed by atoms with Gasteiger partial charge in [-0.3, -0.25) is 4.79 Å². The molecule has 0 amide bonds. The second-order valence-corrected chi connectivity index (χ2v) is 4.53. The minimum Gasteiger partial charge on any atom is -0.398 e. The van der Waals surface area contributed by atoms with Crippen LogP contribution >= 0.6 is 0 Å². The van der Waals surface area contributed by atoms with E-state index < -0.39 is 0 Å². The first kappa shape index (κ1) is 11.9. The summed E-state index contributed by atoms with van der Waals surface area (Å²) in [5.74, 6) is -0.00265. The number of nitrogens with one attached hydrogen (secondary N) is 1. The molecule has 0 unspecified atom stereocenters. The number of methoxy groups -OCH3 is 1. The van der Waals surface area contributed by atoms with E-state index in [4.69, 9.17) is 10.5 Å². The largest absolute Gasteiger partial charge is 0.398 e. The first-order valence-corrected chi connectivity index (χ1v) is 5.80. The molecule has 0 radical (unpaired) electrons. The first-order chi connectivity index (χ1) is 8.10. The minimum atomic E-state index is -0.00265. The fourth-order valence-corrected chi connectivity index (χ4v) is 2.08. The van der Waals surface area contributed by atoms with E-state index >= 15 is 0 Å². The van der Waals surface area contributed by atoms with E-state index in [2.05, 4.69) is 5.32 Å². The Labute approximate surface area is 101 Å². The van der Waals surface area contributed by atoms with E-state index in [-0.39, 0.29) is 5.78 Å². The Morgan fingerprint density at radius 1 is 1.47 bits per heavy atom. The molecule has 1 fully saturated rings. The molecular weight excluding hydrogens is 216 g/mol. The number of nitrogens with two attached hydrogens (primary N) is 1. The van der Waals surface area contributed by atoms with E-state index in [1.165, 1.54) is 6.92 Å². The molecule has 1 aromatic carbocycles. The van der Waals surface area contributed by atoms with Crippen LogP contribution in [-0.4, -0.2) is 25.0 Å². The molecule has 0 bridgehead atoms. The maximum absolute atomic E-state index is 11.2. The molecule has 0 heterocycles. The first-order valence-electron chi connectivity index (χ1n) is 5.80. The van der Waals surface area contributed by atoms with Crippen LogP contribution in [-0.2, 0) is 4.74 Å². The van der Waals surface area contributed by atoms with E-state index in [9.17, 15) is 4.79 Å². The van der Waals surface area contributed by atoms with Crippen molar-refractivity contribution in [3.63, 3.8) is 0 Å². The molecule has 0 atom stereocenters. The maximum Gasteiger partial charge on any atom is 0.161 e. The number of Topliss-reactive ketones (excluding diaryl/α,β-unsaturated/α-hetero) is 1. The average Bonchev–Trinajstić information content (AvgIpc) is 2.22. The lowest BCUT2D eigenvalue weighted by atomic mass is 9.89. The molecule has 0 aromatic heterocycles. The molecule has 0 saturated heterocycles. The van der Waals surface area contributed by atoms with Crippen molar-refractivity contribution in [3.8, 4) is 0 Å². The molecule has 1 aromatic rings. The highest BCUT2D eigenvalue weighted by Gasteiger charge is 2.28. The van der Waals surface area contributed by atoms with Crippen molar-refractivity contribution in [3.05, 3.63) is 23.8 Å². The van der Waals surface area contributed by atoms with Crippen LogP contribution in [0.1, 0.15) is 30.1 Å². The third-order valence-corrected chi connectivity index (χ3v) is 3.23. The molecule has 1 aliphatic rings. The van der Waals surface area contributed by atoms with Gasteiger partial charge in [0.25, 0.3) is 0 Å². The van der Waals surface area contributed by atoms with E-state index in [0.717, 1.165) is 18.5 Å². The summed E-state index contributed by atoms with van der Waals surface area (Å²) < 4.78 is 5.22. The van der Waals surface area contributed by atoms with Gasteiger partial charge in [0.15, 0.2) is 5.78 Å². The normalized spacial score (nSPS) is 22.9. The Kier molecular flexibility index (Phi) is 3.33. The monoisotopic (exact) mass is 234 g/mol. The molecule has 3 N–H and O–H groups in total. The van der Waals surface area contributed by atoms with Gasteiger partial charge in [0.2, 0.25) is 0 Å². The van der Waals surface area contributed by atoms with Crippen molar-refractivity contribution < 1.29 is 9.53 Å². The molecule has 17 heavy (non-hydrogen) atoms. The van der Waals surface area contributed by atoms with Crippen LogP contribution in [0.25, 0.3) is 0 Å². The van der Waals surface area contributed by atoms with Gasteiger partial charge in [-0.05, 0) is 38.0 Å². The molecule has 4 heteroatoms. The summed E-state index contributed by atoms with van der Waals surface area (Å²) >= 11 is 0. The van der Waals surface area contributed by atoms with Crippen LogP contribution in [0.2, 0.25) is 0 Å². The van der Waals surface area contributed by atoms with Crippen molar-refractivity contribution in [2.45, 2.75) is 31.9 Å². The standard InChI is InChI=1S/C13H18N2O2/c1-8(16)12-4-3-9(7-13(12)14)15-10-5-11(6-10)17-2/h3-4,7,10-11,15H,5-6,14H2,1-2H3. The lowest BCUT2D eigenvalue weighted by Crippen LogP contribution is -2.40. The molecule has 1 aliphatic carbocycles. The van der Waals surface area contributed by atoms with Gasteiger partial charge in [0.1, 0.15) is 0 Å². The fourth-order valence-electron chi connectivity index (χ4n) is 2.08. The highest BCUT2D eigenvalue weighted by Crippen LogP contribution is 2.27. The second-order valence-electron chi connectivity index (χ2n) is 4.53. The number of hydrogen-bond acceptors (Lipinski definition) is 4. The van der Waals surface area contributed by atoms with Gasteiger partial charge in [-0.1, -0.05) is 0 Å². The van der Waals surface area contributed by atoms with Crippen LogP contribution in [0.3, 0.4) is 0 Å². The topological polar surface area (TPSA) is 64.3 Å². The summed E-state index contributed by atoms with van der Waals surface area (Å²) in [6.07, 6.45) is 2.41. The Hall–Kier alpha value is -1.55. The average molecular weight is 234 g/mol. The number of carbonyl (C=O) groups excluding carboxylic acids is 1. The van der Waals surface area contributed by atoms with Gasteiger partial charge >= 0.3 is 0 Å². The number of ketones is 1. The zero-order chi connectivity index (χ0) is 12.4. The van der Waals surface area contributed by atoms with Gasteiger partial charge in [-0.15, -0.1) is 0 Å². The smallest absolute Gasteiger partial charge is 0.161 e. The van der Waals surface area contributed by atoms with E-state index in [1.807, 2.05) is 12.1 Å². The Morgan fingerprint density at radius 3 is 2.71 bits per heavy atom. The van der Waals surface area contributed by atoms with Crippen LogP contribution in [0.15, 0.2) is 18.2 Å². The molecular formula is C13H18N2O2. The molecule has 92 valence electrons. The van der Waals surface area contributed by atoms with Gasteiger partial charge < -0.3 is 15.8 Å². The summed E-state index contributed by atoms with van der Waals surface area (Å²) in [7, 11) is 1.74. The number of benzene rings is 1. The zero-order valence-corrected chi connectivity index (χ0v) is 10.2. The summed E-state index contributed by atoms with van der Waals surface area (Å²) in [6.45, 7) is 1.52. The lowest BCUT2D eigenvalue weighted by Gasteiger charge is -2.35. The van der Waals surface area contributed by atoms with E-state index in [1.54, 1.807) is 13.2 Å². The van der Waals surface area contributed by atoms with Crippen molar-refractivity contribution in [2.75, 3.05) is 18.2 Å². The van der Waals surface area contributed by atoms with Crippen LogP contribution in [0.5, 0.6) is 0 Å². The predicted octanol–water partition coefficient (Wildman–Crippen LogP) is 2.06. The Bertz CT molecular complexity index is 425. The fraction of sp³-hybridized carbons (Fsp3) is 0.462. The summed E-state index contributed by atoms with van der Waals surface area (Å²) in [6, 6.07) is 5.93. The number of anilines is 2. The molecule has 4 nitrogen and oxygen atoms in total. The van der Waals surface area contributed by atoms with Crippen molar-refractivity contribution in [2.24, 2.45) is 0 Å². The highest BCUT2D eigenvalue weighted by atomic mass is 16.5. The van der Waals surface area contributed by atoms with E-state index in [0.29, 0.717) is 23.4 Å². The van der Waals surface area contributed by atoms with Crippen LogP contribution in [0.4, 0.5) is 11.4 Å². The molecule has 0 aliphatic heterocycles. The van der Waals surface area contributed by atoms with Crippen LogP contribution < -0.4 is 11.1 Å². The maximum atomic E-state index is 11.2. The summed E-state index contributed by atoms with van der Waals surface area (Å²) in [4.78, 5) is 11.2. The number of ether oxygens (including phenoxy) is 1. The number of carbonyl (C=O) groups is 1. The second kappa shape index (κ2) is 4.75. The predicted molar refractivity (Wildman–Crippen MR) is 68.3 cm³/mol. The van der Waals surface area contributed by atoms with Crippen molar-refractivity contribution in [1.82, 2.24) is 0 Å². The third-order valence-electron chi connectivity index (χ3n) is 3.23.